The van der Waals surface area contributed by atoms with Gasteiger partial charge in [0.05, 0.1) is 18.4 Å². The number of hydrogen-bond acceptors (Lipinski definition) is 7. The molecule has 0 bridgehead atoms. The van der Waals surface area contributed by atoms with E-state index in [4.69, 9.17) is 18.6 Å². The molecule has 9 heteroatoms. The second kappa shape index (κ2) is 8.50. The number of ether oxygens (including phenoxy) is 3. The van der Waals surface area contributed by atoms with Crippen LogP contribution < -0.4 is 20.1 Å². The molecule has 2 N–H and O–H groups in total. The minimum Gasteiger partial charge on any atom is -0.467 e. The molecule has 2 aromatic rings. The topological polar surface area (TPSA) is 102 Å². The summed E-state index contributed by atoms with van der Waals surface area (Å²) in [5, 5.41) is 5.49. The maximum atomic E-state index is 12.7. The number of furan rings is 1. The lowest BCUT2D eigenvalue weighted by Crippen LogP contribution is -2.48. The highest BCUT2D eigenvalue weighted by atomic mass is 16.7. The van der Waals surface area contributed by atoms with Gasteiger partial charge in [-0.25, -0.2) is 9.59 Å². The fourth-order valence-electron chi connectivity index (χ4n) is 3.54. The minimum absolute atomic E-state index is 0.220. The van der Waals surface area contributed by atoms with E-state index in [0.717, 1.165) is 11.3 Å². The van der Waals surface area contributed by atoms with Gasteiger partial charge in [0.2, 0.25) is 6.79 Å². The highest BCUT2D eigenvalue weighted by molar-refractivity contribution is 5.95. The molecule has 2 aliphatic heterocycles. The van der Waals surface area contributed by atoms with Crippen molar-refractivity contribution in [1.82, 2.24) is 15.5 Å². The van der Waals surface area contributed by atoms with Gasteiger partial charge >= 0.3 is 12.0 Å². The third-order valence-electron chi connectivity index (χ3n) is 4.79. The van der Waals surface area contributed by atoms with Gasteiger partial charge < -0.3 is 29.3 Å². The molecule has 2 amide bonds. The van der Waals surface area contributed by atoms with Crippen LogP contribution in [0.1, 0.15) is 24.3 Å². The summed E-state index contributed by atoms with van der Waals surface area (Å²) in [5.41, 5.74) is 1.81. The number of rotatable bonds is 7. The third-order valence-corrected chi connectivity index (χ3v) is 4.79. The Morgan fingerprint density at radius 2 is 2.07 bits per heavy atom. The van der Waals surface area contributed by atoms with Crippen LogP contribution in [0.5, 0.6) is 11.5 Å². The van der Waals surface area contributed by atoms with Crippen molar-refractivity contribution >= 4 is 12.0 Å². The average molecular weight is 413 g/mol. The predicted molar refractivity (Wildman–Crippen MR) is 106 cm³/mol. The van der Waals surface area contributed by atoms with Gasteiger partial charge in [-0.05, 0) is 43.8 Å². The van der Waals surface area contributed by atoms with Crippen LogP contribution in [0.2, 0.25) is 0 Å². The number of amides is 2. The quantitative estimate of drug-likeness (QED) is 0.672. The Kier molecular flexibility index (Phi) is 5.62. The maximum Gasteiger partial charge on any atom is 0.338 e. The first kappa shape index (κ1) is 19.8. The normalized spacial score (nSPS) is 17.7. The lowest BCUT2D eigenvalue weighted by molar-refractivity contribution is -0.139. The van der Waals surface area contributed by atoms with Crippen LogP contribution in [-0.2, 0) is 16.1 Å². The first-order valence-electron chi connectivity index (χ1n) is 9.63. The number of urea groups is 1. The molecule has 3 heterocycles. The van der Waals surface area contributed by atoms with E-state index >= 15 is 0 Å². The van der Waals surface area contributed by atoms with Gasteiger partial charge in [-0.1, -0.05) is 6.07 Å². The van der Waals surface area contributed by atoms with E-state index in [1.54, 1.807) is 19.1 Å². The van der Waals surface area contributed by atoms with Crippen molar-refractivity contribution in [2.24, 2.45) is 0 Å². The van der Waals surface area contributed by atoms with Crippen molar-refractivity contribution < 1.29 is 28.2 Å². The first-order chi connectivity index (χ1) is 14.5. The summed E-state index contributed by atoms with van der Waals surface area (Å²) in [4.78, 5) is 27.0. The van der Waals surface area contributed by atoms with Crippen molar-refractivity contribution in [2.45, 2.75) is 19.5 Å². The van der Waals surface area contributed by atoms with Gasteiger partial charge in [-0.3, -0.25) is 4.90 Å². The van der Waals surface area contributed by atoms with Crippen LogP contribution in [-0.4, -0.2) is 43.9 Å². The number of esters is 1. The van der Waals surface area contributed by atoms with Crippen LogP contribution >= 0.6 is 0 Å². The molecule has 1 aromatic heterocycles. The monoisotopic (exact) mass is 413 g/mol. The van der Waals surface area contributed by atoms with Crippen LogP contribution in [0.3, 0.4) is 0 Å². The predicted octanol–water partition coefficient (Wildman–Crippen LogP) is 2.31. The molecule has 0 spiro atoms. The minimum atomic E-state index is -0.721. The molecule has 0 fully saturated rings. The summed E-state index contributed by atoms with van der Waals surface area (Å²) in [5.74, 6) is 1.39. The van der Waals surface area contributed by atoms with Crippen LogP contribution in [0.15, 0.2) is 52.3 Å². The Morgan fingerprint density at radius 1 is 1.23 bits per heavy atom. The van der Waals surface area contributed by atoms with Crippen molar-refractivity contribution in [3.8, 4) is 11.5 Å². The standard InChI is InChI=1S/C21H23N3O6/c1-3-27-20(25)18-14(22-21(26)23-19(18)16-5-4-8-28-16)11-24(2)10-13-6-7-15-17(9-13)30-12-29-15/h4-9,19H,3,10-12H2,1-2H3,(H2,22,23,26)/t19-/m0/s1. The zero-order valence-corrected chi connectivity index (χ0v) is 16.8. The molecule has 30 heavy (non-hydrogen) atoms. The summed E-state index contributed by atoms with van der Waals surface area (Å²) in [6.45, 7) is 3.08. The zero-order valence-electron chi connectivity index (χ0n) is 16.8. The number of nitrogens with one attached hydrogen (secondary N) is 2. The first-order valence-corrected chi connectivity index (χ1v) is 9.63. The van der Waals surface area contributed by atoms with Crippen molar-refractivity contribution in [2.75, 3.05) is 27.0 Å². The van der Waals surface area contributed by atoms with Gasteiger partial charge in [-0.15, -0.1) is 0 Å². The number of hydrogen-bond donors (Lipinski definition) is 2. The van der Waals surface area contributed by atoms with E-state index in [1.807, 2.05) is 30.1 Å². The van der Waals surface area contributed by atoms with E-state index in [1.165, 1.54) is 6.26 Å². The van der Waals surface area contributed by atoms with Crippen LogP contribution in [0, 0.1) is 0 Å². The molecule has 0 saturated heterocycles. The molecular weight excluding hydrogens is 390 g/mol. The maximum absolute atomic E-state index is 12.7. The number of likely N-dealkylation sites (N-methyl/N-ethyl adjacent to an activating group) is 1. The van der Waals surface area contributed by atoms with Crippen molar-refractivity contribution in [3.05, 3.63) is 59.2 Å². The summed E-state index contributed by atoms with van der Waals surface area (Å²) in [6.07, 6.45) is 1.50. The number of nitrogens with zero attached hydrogens (tertiary/aromatic N) is 1. The number of benzene rings is 1. The summed E-state index contributed by atoms with van der Waals surface area (Å²) < 4.78 is 21.5. The van der Waals surface area contributed by atoms with Crippen molar-refractivity contribution in [1.29, 1.82) is 0 Å². The number of fused-ring (bicyclic) bond motifs is 1. The molecule has 0 aliphatic carbocycles. The lowest BCUT2D eigenvalue weighted by atomic mass is 10.00. The summed E-state index contributed by atoms with van der Waals surface area (Å²) >= 11 is 0. The van der Waals surface area contributed by atoms with E-state index < -0.39 is 18.0 Å². The molecule has 4 rings (SSSR count). The van der Waals surface area contributed by atoms with Gasteiger partial charge in [0.25, 0.3) is 0 Å². The molecule has 1 aromatic carbocycles. The van der Waals surface area contributed by atoms with Crippen LogP contribution in [0.25, 0.3) is 0 Å². The summed E-state index contributed by atoms with van der Waals surface area (Å²) in [7, 11) is 1.90. The zero-order chi connectivity index (χ0) is 21.1. The second-order valence-corrected chi connectivity index (χ2v) is 7.02. The molecule has 158 valence electrons. The van der Waals surface area contributed by atoms with Crippen LogP contribution in [0.4, 0.5) is 4.79 Å². The van der Waals surface area contributed by atoms with E-state index in [2.05, 4.69) is 10.6 Å². The highest BCUT2D eigenvalue weighted by Gasteiger charge is 2.35. The lowest BCUT2D eigenvalue weighted by Gasteiger charge is -2.30. The third kappa shape index (κ3) is 4.11. The number of carbonyl (C=O) groups is 2. The smallest absolute Gasteiger partial charge is 0.338 e. The Labute approximate surface area is 173 Å². The second-order valence-electron chi connectivity index (χ2n) is 7.02. The van der Waals surface area contributed by atoms with E-state index in [9.17, 15) is 9.59 Å². The molecule has 0 radical (unpaired) electrons. The number of carbonyl (C=O) groups excluding carboxylic acids is 2. The Bertz CT molecular complexity index is 969. The molecule has 2 aliphatic rings. The Balaban J connectivity index is 1.58. The Hall–Kier alpha value is -3.46. The average Bonchev–Trinajstić information content (AvgIpc) is 3.39. The van der Waals surface area contributed by atoms with Gasteiger partial charge in [0.1, 0.15) is 11.8 Å². The van der Waals surface area contributed by atoms with E-state index in [0.29, 0.717) is 35.9 Å². The fourth-order valence-corrected chi connectivity index (χ4v) is 3.54. The van der Waals surface area contributed by atoms with Gasteiger partial charge in [-0.2, -0.15) is 0 Å². The van der Waals surface area contributed by atoms with Gasteiger partial charge in [0, 0.05) is 18.8 Å². The highest BCUT2D eigenvalue weighted by Crippen LogP contribution is 2.33. The van der Waals surface area contributed by atoms with Gasteiger partial charge in [0.15, 0.2) is 11.5 Å². The molecule has 9 nitrogen and oxygen atoms in total. The fraction of sp³-hybridized carbons (Fsp3) is 0.333. The SMILES string of the molecule is CCOC(=O)C1=C(CN(C)Cc2ccc3c(c2)OCO3)NC(=O)N[C@H]1c1ccco1. The summed E-state index contributed by atoms with van der Waals surface area (Å²) in [6, 6.07) is 8.04. The largest absolute Gasteiger partial charge is 0.467 e. The molecule has 1 atom stereocenters. The molecule has 0 saturated carbocycles. The van der Waals surface area contributed by atoms with E-state index in [-0.39, 0.29) is 13.4 Å². The molecular formula is C21H23N3O6. The molecule has 0 unspecified atom stereocenters. The van der Waals surface area contributed by atoms with Crippen molar-refractivity contribution in [3.63, 3.8) is 0 Å². The Morgan fingerprint density at radius 3 is 2.83 bits per heavy atom.